The minimum absolute atomic E-state index is 0.0444. The fourth-order valence-corrected chi connectivity index (χ4v) is 2.10. The first-order valence-corrected chi connectivity index (χ1v) is 7.20. The maximum absolute atomic E-state index is 12.4. The van der Waals surface area contributed by atoms with E-state index in [1.54, 1.807) is 18.2 Å². The molecule has 0 bridgehead atoms. The monoisotopic (exact) mass is 322 g/mol. The zero-order valence-electron chi connectivity index (χ0n) is 12.0. The van der Waals surface area contributed by atoms with Gasteiger partial charge in [-0.25, -0.2) is 0 Å². The SMILES string of the molecule is CCc1ccc(NC(=S)Nc2ccccc2OC(F)F)cc1. The number of benzene rings is 2. The lowest BCUT2D eigenvalue weighted by atomic mass is 10.1. The van der Waals surface area contributed by atoms with Crippen LogP contribution in [0.2, 0.25) is 0 Å². The Morgan fingerprint density at radius 2 is 1.77 bits per heavy atom. The number of hydrogen-bond donors (Lipinski definition) is 2. The molecule has 6 heteroatoms. The molecule has 0 spiro atoms. The number of rotatable bonds is 5. The molecule has 2 aromatic carbocycles. The van der Waals surface area contributed by atoms with Crippen LogP contribution in [0.5, 0.6) is 5.75 Å². The molecule has 0 heterocycles. The number of aryl methyl sites for hydroxylation is 1. The lowest BCUT2D eigenvalue weighted by Crippen LogP contribution is -2.19. The van der Waals surface area contributed by atoms with E-state index in [2.05, 4.69) is 22.3 Å². The van der Waals surface area contributed by atoms with Gasteiger partial charge in [0.1, 0.15) is 5.75 Å². The van der Waals surface area contributed by atoms with Crippen LogP contribution in [0.4, 0.5) is 20.2 Å². The molecule has 0 amide bonds. The molecule has 2 rings (SSSR count). The molecule has 22 heavy (non-hydrogen) atoms. The van der Waals surface area contributed by atoms with Crippen LogP contribution in [0.3, 0.4) is 0 Å². The van der Waals surface area contributed by atoms with E-state index < -0.39 is 6.61 Å². The quantitative estimate of drug-likeness (QED) is 0.785. The van der Waals surface area contributed by atoms with E-state index in [-0.39, 0.29) is 5.75 Å². The highest BCUT2D eigenvalue weighted by atomic mass is 32.1. The van der Waals surface area contributed by atoms with Crippen molar-refractivity contribution < 1.29 is 13.5 Å². The molecule has 0 aliphatic rings. The minimum atomic E-state index is -2.88. The number of halogens is 2. The third kappa shape index (κ3) is 4.66. The number of ether oxygens (including phenoxy) is 1. The first-order valence-electron chi connectivity index (χ1n) is 6.79. The van der Waals surface area contributed by atoms with E-state index in [1.165, 1.54) is 11.6 Å². The summed E-state index contributed by atoms with van der Waals surface area (Å²) in [6.07, 6.45) is 0.960. The molecule has 2 aromatic rings. The lowest BCUT2D eigenvalue weighted by molar-refractivity contribution is -0.0493. The lowest BCUT2D eigenvalue weighted by Gasteiger charge is -2.14. The van der Waals surface area contributed by atoms with Crippen molar-refractivity contribution in [1.29, 1.82) is 0 Å². The van der Waals surface area contributed by atoms with Crippen LogP contribution in [0.15, 0.2) is 48.5 Å². The summed E-state index contributed by atoms with van der Waals surface area (Å²) >= 11 is 5.19. The molecule has 3 nitrogen and oxygen atoms in total. The van der Waals surface area contributed by atoms with Gasteiger partial charge in [-0.3, -0.25) is 0 Å². The van der Waals surface area contributed by atoms with Gasteiger partial charge in [-0.05, 0) is 48.5 Å². The summed E-state index contributed by atoms with van der Waals surface area (Å²) in [5.74, 6) is 0.0444. The van der Waals surface area contributed by atoms with Crippen molar-refractivity contribution in [2.75, 3.05) is 10.6 Å². The Bertz CT molecular complexity index is 632. The first kappa shape index (κ1) is 16.2. The van der Waals surface area contributed by atoms with Crippen molar-refractivity contribution in [1.82, 2.24) is 0 Å². The van der Waals surface area contributed by atoms with Crippen molar-refractivity contribution in [3.8, 4) is 5.75 Å². The fraction of sp³-hybridized carbons (Fsp3) is 0.188. The molecule has 0 fully saturated rings. The van der Waals surface area contributed by atoms with Crippen molar-refractivity contribution >= 4 is 28.7 Å². The third-order valence-corrected chi connectivity index (χ3v) is 3.18. The van der Waals surface area contributed by atoms with Gasteiger partial charge < -0.3 is 15.4 Å². The summed E-state index contributed by atoms with van der Waals surface area (Å²) in [7, 11) is 0. The Hall–Kier alpha value is -2.21. The van der Waals surface area contributed by atoms with E-state index in [0.717, 1.165) is 12.1 Å². The van der Waals surface area contributed by atoms with Crippen molar-refractivity contribution in [2.24, 2.45) is 0 Å². The molecule has 116 valence electrons. The van der Waals surface area contributed by atoms with Crippen LogP contribution in [0.1, 0.15) is 12.5 Å². The highest BCUT2D eigenvalue weighted by molar-refractivity contribution is 7.80. The van der Waals surface area contributed by atoms with Gasteiger partial charge in [-0.15, -0.1) is 0 Å². The number of para-hydroxylation sites is 2. The second-order valence-corrected chi connectivity index (χ2v) is 4.91. The zero-order chi connectivity index (χ0) is 15.9. The molecular weight excluding hydrogens is 306 g/mol. The van der Waals surface area contributed by atoms with Crippen LogP contribution in [-0.2, 0) is 6.42 Å². The number of nitrogens with one attached hydrogen (secondary N) is 2. The molecule has 0 saturated carbocycles. The van der Waals surface area contributed by atoms with Gasteiger partial charge in [-0.1, -0.05) is 31.2 Å². The van der Waals surface area contributed by atoms with E-state index in [9.17, 15) is 8.78 Å². The highest BCUT2D eigenvalue weighted by Gasteiger charge is 2.10. The van der Waals surface area contributed by atoms with Gasteiger partial charge in [0.2, 0.25) is 0 Å². The molecule has 0 radical (unpaired) electrons. The van der Waals surface area contributed by atoms with Crippen molar-refractivity contribution in [2.45, 2.75) is 20.0 Å². The number of hydrogen-bond acceptors (Lipinski definition) is 2. The first-order chi connectivity index (χ1) is 10.6. The average Bonchev–Trinajstić information content (AvgIpc) is 2.49. The number of thiocarbonyl (C=S) groups is 1. The summed E-state index contributed by atoms with van der Waals surface area (Å²) in [5, 5.41) is 6.16. The largest absolute Gasteiger partial charge is 0.433 e. The van der Waals surface area contributed by atoms with Crippen molar-refractivity contribution in [3.63, 3.8) is 0 Å². The second-order valence-electron chi connectivity index (χ2n) is 4.50. The Morgan fingerprint density at radius 1 is 1.09 bits per heavy atom. The van der Waals surface area contributed by atoms with Crippen LogP contribution < -0.4 is 15.4 Å². The van der Waals surface area contributed by atoms with Crippen LogP contribution in [0.25, 0.3) is 0 Å². The van der Waals surface area contributed by atoms with Gasteiger partial charge >= 0.3 is 6.61 Å². The Labute approximate surface area is 133 Å². The van der Waals surface area contributed by atoms with Gasteiger partial charge in [0, 0.05) is 5.69 Å². The molecule has 0 atom stereocenters. The van der Waals surface area contributed by atoms with Crippen molar-refractivity contribution in [3.05, 3.63) is 54.1 Å². The van der Waals surface area contributed by atoms with Crippen LogP contribution >= 0.6 is 12.2 Å². The van der Waals surface area contributed by atoms with Crippen LogP contribution in [0, 0.1) is 0 Å². The molecule has 0 aromatic heterocycles. The van der Waals surface area contributed by atoms with Gasteiger partial charge in [0.15, 0.2) is 5.11 Å². The summed E-state index contributed by atoms with van der Waals surface area (Å²) in [4.78, 5) is 0. The standard InChI is InChI=1S/C16H16F2N2OS/c1-2-11-7-9-12(10-8-11)19-16(22)20-13-5-3-4-6-14(13)21-15(17)18/h3-10,15H,2H2,1H3,(H2,19,20,22). The molecule has 0 aliphatic heterocycles. The van der Waals surface area contributed by atoms with Gasteiger partial charge in [0.05, 0.1) is 5.69 Å². The maximum Gasteiger partial charge on any atom is 0.387 e. The number of anilines is 2. The molecule has 0 aliphatic carbocycles. The summed E-state index contributed by atoms with van der Waals surface area (Å²) in [5.41, 5.74) is 2.42. The smallest absolute Gasteiger partial charge is 0.387 e. The normalized spacial score (nSPS) is 10.4. The average molecular weight is 322 g/mol. The number of alkyl halides is 2. The predicted molar refractivity (Wildman–Crippen MR) is 88.7 cm³/mol. The minimum Gasteiger partial charge on any atom is -0.433 e. The summed E-state index contributed by atoms with van der Waals surface area (Å²) < 4.78 is 29.2. The zero-order valence-corrected chi connectivity index (χ0v) is 12.8. The maximum atomic E-state index is 12.4. The van der Waals surface area contributed by atoms with Crippen LogP contribution in [-0.4, -0.2) is 11.7 Å². The third-order valence-electron chi connectivity index (χ3n) is 2.97. The summed E-state index contributed by atoms with van der Waals surface area (Å²) in [6, 6.07) is 14.2. The van der Waals surface area contributed by atoms with E-state index >= 15 is 0 Å². The highest BCUT2D eigenvalue weighted by Crippen LogP contribution is 2.25. The Balaban J connectivity index is 2.02. The Morgan fingerprint density at radius 3 is 2.41 bits per heavy atom. The van der Waals surface area contributed by atoms with E-state index in [0.29, 0.717) is 10.8 Å². The van der Waals surface area contributed by atoms with Gasteiger partial charge in [-0.2, -0.15) is 8.78 Å². The second kappa shape index (κ2) is 7.70. The topological polar surface area (TPSA) is 33.3 Å². The molecule has 0 unspecified atom stereocenters. The molecule has 2 N–H and O–H groups in total. The van der Waals surface area contributed by atoms with Gasteiger partial charge in [0.25, 0.3) is 0 Å². The molecular formula is C16H16F2N2OS. The predicted octanol–water partition coefficient (Wildman–Crippen LogP) is 4.66. The molecule has 0 saturated heterocycles. The van der Waals surface area contributed by atoms with E-state index in [4.69, 9.17) is 12.2 Å². The summed E-state index contributed by atoms with van der Waals surface area (Å²) in [6.45, 7) is -0.805. The van der Waals surface area contributed by atoms with E-state index in [1.807, 2.05) is 24.3 Å². The Kier molecular flexibility index (Phi) is 5.66. The fourth-order valence-electron chi connectivity index (χ4n) is 1.88.